The molecule has 1 aliphatic heterocycles. The molecule has 4 rings (SSSR count). The van der Waals surface area contributed by atoms with Crippen LogP contribution in [0.4, 0.5) is 11.6 Å². The largest absolute Gasteiger partial charge is 1.00 e. The van der Waals surface area contributed by atoms with Gasteiger partial charge in [-0.05, 0) is 61.1 Å². The minimum atomic E-state index is -0.418. The SMILES string of the molecule is COCCN(C)C(=O)COc1ccc(CCC[N+]2(CCCc3ccc(OCC(=O)N(C)CCOC)cc3)CCCC(NC(=O)c3nc(Cl)c(N)nc3N)C2)cc1.[Cl-]. The van der Waals surface area contributed by atoms with Gasteiger partial charge in [-0.15, -0.1) is 0 Å². The molecule has 0 aliphatic carbocycles. The summed E-state index contributed by atoms with van der Waals surface area (Å²) < 4.78 is 22.4. The van der Waals surface area contributed by atoms with Gasteiger partial charge in [0.25, 0.3) is 17.7 Å². The van der Waals surface area contributed by atoms with Gasteiger partial charge in [0.2, 0.25) is 0 Å². The number of piperidine rings is 1. The lowest BCUT2D eigenvalue weighted by Crippen LogP contribution is -3.00. The molecule has 3 amide bonds. The standard InChI is InChI=1S/C40H57ClN8O7.ClH/c1-47(19-24-53-3)34(50)27-55-32-15-11-29(12-16-32)8-5-21-49(23-7-10-31(26-49)44-40(52)36-38(42)46-39(43)37(41)45-36)22-6-9-30-13-17-33(18-14-30)56-28-35(51)48(2)20-25-54-4;/h11-18,31H,5-10,19-28H2,1-4H3,(H4-,42,43,44,46,52);1H. The van der Waals surface area contributed by atoms with Crippen molar-refractivity contribution in [1.29, 1.82) is 0 Å². The van der Waals surface area contributed by atoms with Crippen LogP contribution in [-0.2, 0) is 31.9 Å². The average Bonchev–Trinajstić information content (AvgIpc) is 3.19. The van der Waals surface area contributed by atoms with Crippen molar-refractivity contribution in [3.8, 4) is 11.5 Å². The fourth-order valence-electron chi connectivity index (χ4n) is 6.78. The average molecular weight is 834 g/mol. The van der Waals surface area contributed by atoms with Crippen LogP contribution in [-0.4, -0.2) is 142 Å². The second-order valence-corrected chi connectivity index (χ2v) is 14.7. The van der Waals surface area contributed by atoms with Crippen molar-refractivity contribution in [2.45, 2.75) is 44.6 Å². The third-order valence-corrected chi connectivity index (χ3v) is 10.4. The van der Waals surface area contributed by atoms with E-state index in [9.17, 15) is 14.4 Å². The first-order chi connectivity index (χ1) is 26.9. The summed E-state index contributed by atoms with van der Waals surface area (Å²) >= 11 is 6.07. The number of hydrogen-bond donors (Lipinski definition) is 3. The van der Waals surface area contributed by atoms with Gasteiger partial charge in [-0.3, -0.25) is 14.4 Å². The lowest BCUT2D eigenvalue weighted by atomic mass is 9.99. The van der Waals surface area contributed by atoms with E-state index in [1.807, 2.05) is 48.5 Å². The van der Waals surface area contributed by atoms with E-state index in [-0.39, 0.29) is 66.0 Å². The van der Waals surface area contributed by atoms with Crippen LogP contribution >= 0.6 is 11.6 Å². The van der Waals surface area contributed by atoms with Crippen LogP contribution in [0.3, 0.4) is 0 Å². The predicted octanol–water partition coefficient (Wildman–Crippen LogP) is 0.240. The molecule has 2 heterocycles. The molecule has 15 nitrogen and oxygen atoms in total. The van der Waals surface area contributed by atoms with Gasteiger partial charge in [-0.2, -0.15) is 0 Å². The third kappa shape index (κ3) is 15.1. The minimum Gasteiger partial charge on any atom is -1.00 e. The highest BCUT2D eigenvalue weighted by Crippen LogP contribution is 2.25. The van der Waals surface area contributed by atoms with Crippen LogP contribution < -0.4 is 38.7 Å². The molecule has 0 radical (unpaired) electrons. The van der Waals surface area contributed by atoms with E-state index >= 15 is 0 Å². The maximum atomic E-state index is 13.3. The quantitative estimate of drug-likeness (QED) is 0.118. The zero-order chi connectivity index (χ0) is 40.5. The van der Waals surface area contributed by atoms with E-state index in [0.29, 0.717) is 37.8 Å². The molecule has 17 heteroatoms. The molecular weight excluding hydrogens is 775 g/mol. The fraction of sp³-hybridized carbons (Fsp3) is 0.525. The molecule has 314 valence electrons. The smallest absolute Gasteiger partial charge is 0.274 e. The van der Waals surface area contributed by atoms with E-state index in [2.05, 4.69) is 15.3 Å². The number of methoxy groups -OCH3 is 2. The normalized spacial score (nSPS) is 14.6. The van der Waals surface area contributed by atoms with Crippen molar-refractivity contribution < 1.29 is 50.2 Å². The molecule has 1 aromatic heterocycles. The van der Waals surface area contributed by atoms with Crippen LogP contribution in [0.5, 0.6) is 11.5 Å². The van der Waals surface area contributed by atoms with Crippen LogP contribution in [0, 0.1) is 0 Å². The molecule has 2 aromatic carbocycles. The van der Waals surface area contributed by atoms with Crippen molar-refractivity contribution in [1.82, 2.24) is 25.1 Å². The van der Waals surface area contributed by atoms with E-state index in [4.69, 9.17) is 42.0 Å². The Morgan fingerprint density at radius 1 is 0.807 bits per heavy atom. The van der Waals surface area contributed by atoms with Crippen molar-refractivity contribution in [2.75, 3.05) is 105 Å². The summed E-state index contributed by atoms with van der Waals surface area (Å²) in [5, 5.41) is 3.09. The number of aryl methyl sites for hydroxylation is 2. The first-order valence-corrected chi connectivity index (χ1v) is 19.4. The Hall–Kier alpha value is -4.41. The van der Waals surface area contributed by atoms with Crippen molar-refractivity contribution in [2.24, 2.45) is 0 Å². The Morgan fingerprint density at radius 2 is 1.30 bits per heavy atom. The number of benzene rings is 2. The molecule has 1 saturated heterocycles. The highest BCUT2D eigenvalue weighted by molar-refractivity contribution is 6.31. The maximum absolute atomic E-state index is 13.3. The third-order valence-electron chi connectivity index (χ3n) is 10.1. The summed E-state index contributed by atoms with van der Waals surface area (Å²) in [6, 6.07) is 15.7. The number of nitrogens with zero attached hydrogens (tertiary/aromatic N) is 5. The van der Waals surface area contributed by atoms with Crippen LogP contribution in [0.15, 0.2) is 48.5 Å². The highest BCUT2D eigenvalue weighted by Gasteiger charge is 2.35. The summed E-state index contributed by atoms with van der Waals surface area (Å²) in [5.41, 5.74) is 14.1. The number of anilines is 2. The number of carbonyl (C=O) groups is 3. The van der Waals surface area contributed by atoms with Gasteiger partial charge in [0.05, 0.1) is 45.4 Å². The lowest BCUT2D eigenvalue weighted by molar-refractivity contribution is -0.933. The van der Waals surface area contributed by atoms with Crippen molar-refractivity contribution >= 4 is 41.0 Å². The Morgan fingerprint density at radius 3 is 1.77 bits per heavy atom. The number of ether oxygens (including phenoxy) is 4. The van der Waals surface area contributed by atoms with Gasteiger partial charge in [-0.1, -0.05) is 35.9 Å². The van der Waals surface area contributed by atoms with Gasteiger partial charge >= 0.3 is 0 Å². The van der Waals surface area contributed by atoms with Gasteiger partial charge in [-0.25, -0.2) is 9.97 Å². The van der Waals surface area contributed by atoms with E-state index in [0.717, 1.165) is 69.2 Å². The molecule has 1 fully saturated rings. The Kier molecular flexibility index (Phi) is 19.6. The lowest BCUT2D eigenvalue weighted by Gasteiger charge is -2.45. The molecule has 0 spiro atoms. The number of halogens is 2. The van der Waals surface area contributed by atoms with E-state index in [1.165, 1.54) is 11.1 Å². The zero-order valence-electron chi connectivity index (χ0n) is 33.5. The number of nitrogen functional groups attached to an aromatic ring is 2. The molecule has 5 N–H and O–H groups in total. The monoisotopic (exact) mass is 832 g/mol. The van der Waals surface area contributed by atoms with Crippen molar-refractivity contribution in [3.63, 3.8) is 0 Å². The molecule has 0 bridgehead atoms. The molecule has 1 aliphatic rings. The van der Waals surface area contributed by atoms with Gasteiger partial charge in [0.15, 0.2) is 35.7 Å². The Labute approximate surface area is 347 Å². The molecule has 1 atom stereocenters. The van der Waals surface area contributed by atoms with E-state index in [1.54, 1.807) is 38.1 Å². The minimum absolute atomic E-state index is 0. The maximum Gasteiger partial charge on any atom is 0.274 e. The summed E-state index contributed by atoms with van der Waals surface area (Å²) in [5.74, 6) is 0.572. The molecule has 1 unspecified atom stereocenters. The number of carbonyl (C=O) groups excluding carboxylic acids is 3. The van der Waals surface area contributed by atoms with E-state index < -0.39 is 5.91 Å². The highest BCUT2D eigenvalue weighted by atomic mass is 35.5. The second kappa shape index (κ2) is 23.7. The first-order valence-electron chi connectivity index (χ1n) is 19.1. The number of aromatic nitrogens is 2. The first kappa shape index (κ1) is 47.0. The van der Waals surface area contributed by atoms with Gasteiger partial charge in [0.1, 0.15) is 11.5 Å². The number of likely N-dealkylation sites (N-methyl/N-ethyl adjacent to an activating group) is 2. The molecular formula is C40H58Cl2N8O7. The topological polar surface area (TPSA) is 184 Å². The number of rotatable bonds is 22. The fourth-order valence-corrected chi connectivity index (χ4v) is 6.91. The Balaban J connectivity index is 0.00000870. The molecule has 3 aromatic rings. The van der Waals surface area contributed by atoms with Crippen LogP contribution in [0.25, 0.3) is 0 Å². The molecule has 0 saturated carbocycles. The number of nitrogens with one attached hydrogen (secondary N) is 1. The molecule has 57 heavy (non-hydrogen) atoms. The second-order valence-electron chi connectivity index (χ2n) is 14.3. The number of hydrogen-bond acceptors (Lipinski definition) is 11. The number of quaternary nitrogens is 1. The number of nitrogens with two attached hydrogens (primary N) is 2. The zero-order valence-corrected chi connectivity index (χ0v) is 35.0. The van der Waals surface area contributed by atoms with Crippen LogP contribution in [0.1, 0.15) is 47.3 Å². The number of likely N-dealkylation sites (tertiary alicyclic amines) is 1. The van der Waals surface area contributed by atoms with Crippen LogP contribution in [0.2, 0.25) is 5.15 Å². The number of amides is 3. The summed E-state index contributed by atoms with van der Waals surface area (Å²) in [6.45, 7) is 5.52. The summed E-state index contributed by atoms with van der Waals surface area (Å²) in [7, 11) is 6.67. The summed E-state index contributed by atoms with van der Waals surface area (Å²) in [6.07, 6.45) is 5.42. The van der Waals surface area contributed by atoms with Crippen molar-refractivity contribution in [3.05, 3.63) is 70.5 Å². The van der Waals surface area contributed by atoms with Gasteiger partial charge in [0, 0.05) is 54.2 Å². The predicted molar refractivity (Wildman–Crippen MR) is 216 cm³/mol. The van der Waals surface area contributed by atoms with Gasteiger partial charge < -0.3 is 62.4 Å². The Bertz CT molecular complexity index is 1640. The summed E-state index contributed by atoms with van der Waals surface area (Å²) in [4.78, 5) is 49.2.